The largest absolute Gasteiger partial charge is 0.494 e. The zero-order valence-corrected chi connectivity index (χ0v) is 43.4. The molecule has 2 fully saturated rings. The zero-order chi connectivity index (χ0) is 54.1. The van der Waals surface area contributed by atoms with Gasteiger partial charge in [-0.15, -0.1) is 0 Å². The average molecular weight is 1070 g/mol. The molecular weight excluding hydrogens is 999 g/mol. The van der Waals surface area contributed by atoms with Crippen LogP contribution in [0.25, 0.3) is 0 Å². The quantitative estimate of drug-likeness (QED) is 0.0114. The number of carbonyl (C=O) groups is 6. The minimum absolute atomic E-state index is 0.155. The van der Waals surface area contributed by atoms with Crippen molar-refractivity contribution < 1.29 is 66.7 Å². The molecule has 0 spiro atoms. The highest BCUT2D eigenvalue weighted by atomic mass is 32.1. The van der Waals surface area contributed by atoms with Crippen molar-refractivity contribution in [3.63, 3.8) is 0 Å². The first kappa shape index (κ1) is 57.5. The van der Waals surface area contributed by atoms with Crippen LogP contribution in [0.15, 0.2) is 97.1 Å². The number of nitrogens with one attached hydrogen (secondary N) is 1. The first-order valence-electron chi connectivity index (χ1n) is 25.7. The summed E-state index contributed by atoms with van der Waals surface area (Å²) in [7, 11) is 0. The van der Waals surface area contributed by atoms with Crippen LogP contribution >= 0.6 is 11.3 Å². The predicted molar refractivity (Wildman–Crippen MR) is 285 cm³/mol. The number of hydrogen-bond acceptors (Lipinski definition) is 20. The van der Waals surface area contributed by atoms with Crippen LogP contribution in [0.4, 0.5) is 16.0 Å². The van der Waals surface area contributed by atoms with E-state index >= 15 is 0 Å². The van der Waals surface area contributed by atoms with Crippen LogP contribution in [0, 0.1) is 23.7 Å². The molecule has 1 heterocycles. The van der Waals surface area contributed by atoms with E-state index in [1.54, 1.807) is 48.5 Å². The molecule has 2 saturated carbocycles. The number of ether oxygens (including phenoxy) is 8. The van der Waals surface area contributed by atoms with Crippen molar-refractivity contribution in [3.05, 3.63) is 97.6 Å². The Morgan fingerprint density at radius 2 is 0.921 bits per heavy atom. The van der Waals surface area contributed by atoms with E-state index in [0.717, 1.165) is 74.9 Å². The van der Waals surface area contributed by atoms with Crippen LogP contribution in [0.2, 0.25) is 0 Å². The molecular formula is C56H67N5O14S. The fourth-order valence-corrected chi connectivity index (χ4v) is 9.02. The van der Waals surface area contributed by atoms with E-state index in [4.69, 9.17) is 49.4 Å². The Labute approximate surface area is 446 Å². The van der Waals surface area contributed by atoms with Crippen molar-refractivity contribution in [1.82, 2.24) is 4.98 Å². The summed E-state index contributed by atoms with van der Waals surface area (Å²) in [5.41, 5.74) is 14.7. The van der Waals surface area contributed by atoms with Crippen molar-refractivity contribution in [2.24, 2.45) is 28.8 Å². The lowest BCUT2D eigenvalue weighted by molar-refractivity contribution is -0.145. The highest BCUT2D eigenvalue weighted by Gasteiger charge is 2.34. The number of aromatic nitrogens is 1. The second-order valence-corrected chi connectivity index (χ2v) is 19.4. The van der Waals surface area contributed by atoms with Crippen molar-refractivity contribution >= 4 is 69.3 Å². The highest BCUT2D eigenvalue weighted by Crippen LogP contribution is 2.35. The van der Waals surface area contributed by atoms with Gasteiger partial charge in [0, 0.05) is 17.7 Å². The van der Waals surface area contributed by atoms with E-state index in [1.807, 2.05) is 0 Å². The molecule has 76 heavy (non-hydrogen) atoms. The normalized spacial score (nSPS) is 17.1. The van der Waals surface area contributed by atoms with E-state index in [0.29, 0.717) is 116 Å². The highest BCUT2D eigenvalue weighted by molar-refractivity contribution is 7.19. The number of unbranched alkanes of at least 4 members (excludes halogenated alkanes) is 6. The summed E-state index contributed by atoms with van der Waals surface area (Å²) in [6, 6.07) is 18.3. The van der Waals surface area contributed by atoms with Gasteiger partial charge in [-0.05, 0) is 169 Å². The lowest BCUT2D eigenvalue weighted by atomic mass is 9.82. The number of hydrazone groups is 1. The second kappa shape index (κ2) is 30.6. The number of nitrogen functional groups attached to an aromatic ring is 2. The summed E-state index contributed by atoms with van der Waals surface area (Å²) in [6.45, 7) is 8.54. The van der Waals surface area contributed by atoms with Gasteiger partial charge in [-0.2, -0.15) is 10.1 Å². The van der Waals surface area contributed by atoms with Crippen LogP contribution in [0.1, 0.15) is 108 Å². The van der Waals surface area contributed by atoms with Gasteiger partial charge < -0.3 is 49.4 Å². The minimum atomic E-state index is -0.480. The third kappa shape index (κ3) is 19.2. The number of carbonyl (C=O) groups excluding carboxylic acids is 6. The third-order valence-corrected chi connectivity index (χ3v) is 13.6. The molecule has 0 saturated heterocycles. The first-order valence-corrected chi connectivity index (χ1v) is 26.5. The molecule has 6 rings (SSSR count). The van der Waals surface area contributed by atoms with Gasteiger partial charge >= 0.3 is 35.8 Å². The summed E-state index contributed by atoms with van der Waals surface area (Å²) in [5, 5.41) is 4.90. The molecule has 0 aliphatic heterocycles. The fraction of sp³-hybridized carbons (Fsp3) is 0.429. The van der Waals surface area contributed by atoms with Gasteiger partial charge in [0.1, 0.15) is 39.5 Å². The van der Waals surface area contributed by atoms with E-state index in [-0.39, 0.29) is 35.2 Å². The maximum absolute atomic E-state index is 13.6. The van der Waals surface area contributed by atoms with Crippen molar-refractivity contribution in [3.8, 4) is 34.5 Å². The molecule has 3 aromatic carbocycles. The topological polar surface area (TPSA) is 266 Å². The van der Waals surface area contributed by atoms with Gasteiger partial charge in [0.25, 0.3) is 0 Å². The van der Waals surface area contributed by atoms with Gasteiger partial charge in [0.2, 0.25) is 5.13 Å². The van der Waals surface area contributed by atoms with E-state index < -0.39 is 41.6 Å². The Hall–Kier alpha value is -7.74. The molecule has 2 aliphatic carbocycles. The summed E-state index contributed by atoms with van der Waals surface area (Å²) >= 11 is 1.10. The monoisotopic (exact) mass is 1070 g/mol. The lowest BCUT2D eigenvalue weighted by Crippen LogP contribution is -2.30. The molecule has 5 N–H and O–H groups in total. The maximum atomic E-state index is 13.6. The van der Waals surface area contributed by atoms with Crippen molar-refractivity contribution in [2.45, 2.75) is 103 Å². The average Bonchev–Trinajstić information content (AvgIpc) is 3.76. The van der Waals surface area contributed by atoms with Crippen LogP contribution < -0.4 is 45.3 Å². The Kier molecular flexibility index (Phi) is 23.2. The van der Waals surface area contributed by atoms with E-state index in [2.05, 4.69) is 28.7 Å². The molecule has 19 nitrogen and oxygen atoms in total. The van der Waals surface area contributed by atoms with Gasteiger partial charge in [-0.3, -0.25) is 24.6 Å². The molecule has 1 aromatic heterocycles. The molecule has 406 valence electrons. The third-order valence-electron chi connectivity index (χ3n) is 12.8. The number of thiazole rings is 1. The summed E-state index contributed by atoms with van der Waals surface area (Å²) in [4.78, 5) is 79.7. The Morgan fingerprint density at radius 1 is 0.539 bits per heavy atom. The molecule has 0 atom stereocenters. The number of rotatable bonds is 29. The smallest absolute Gasteiger partial charge is 0.330 e. The number of nitrogens with two attached hydrogens (primary N) is 2. The van der Waals surface area contributed by atoms with E-state index in [1.165, 1.54) is 24.4 Å². The van der Waals surface area contributed by atoms with Gasteiger partial charge in [-0.25, -0.2) is 9.59 Å². The maximum Gasteiger partial charge on any atom is 0.330 e. The Morgan fingerprint density at radius 3 is 1.33 bits per heavy atom. The fourth-order valence-electron chi connectivity index (χ4n) is 8.42. The molecule has 0 bridgehead atoms. The number of benzene rings is 3. The first-order chi connectivity index (χ1) is 36.9. The summed E-state index contributed by atoms with van der Waals surface area (Å²) in [6.07, 6.45) is 14.0. The molecule has 0 unspecified atom stereocenters. The minimum Gasteiger partial charge on any atom is -0.494 e. The number of anilines is 3. The molecule has 4 aromatic rings. The van der Waals surface area contributed by atoms with Crippen LogP contribution in [0.5, 0.6) is 34.5 Å². The molecule has 0 amide bonds. The van der Waals surface area contributed by atoms with Gasteiger partial charge in [0.15, 0.2) is 5.82 Å². The predicted octanol–water partition coefficient (Wildman–Crippen LogP) is 9.73. The van der Waals surface area contributed by atoms with Gasteiger partial charge in [0.05, 0.1) is 56.3 Å². The van der Waals surface area contributed by atoms with Crippen molar-refractivity contribution in [2.75, 3.05) is 43.3 Å². The molecule has 2 aliphatic rings. The van der Waals surface area contributed by atoms with Crippen LogP contribution in [0.3, 0.4) is 0 Å². The van der Waals surface area contributed by atoms with E-state index in [9.17, 15) is 28.8 Å². The number of esters is 6. The summed E-state index contributed by atoms with van der Waals surface area (Å²) < 4.78 is 44.7. The standard InChI is InChI=1S/C56H67N5O14S/c1-3-48(62)70-33-11-7-5-9-31-68-42-21-25-44(26-22-42)72-52(64)37-13-15-39(16-14-37)54(66)74-46-29-30-47(41(35-46)36-59-61-56-60-50(57)51(58)76-56)75-55(67)40-19-17-38(18-20-40)53(65)73-45-27-23-43(24-28-45)69-32-10-6-8-12-34-71-49(63)4-2/h3-4,21-30,35-40H,1-2,5-20,31-34,57-58H2,(H,60,61)/b59-36+. The Balaban J connectivity index is 0.930. The lowest BCUT2D eigenvalue weighted by Gasteiger charge is -2.26. The number of hydrogen-bond donors (Lipinski definition) is 3. The van der Waals surface area contributed by atoms with Crippen LogP contribution in [-0.4, -0.2) is 73.4 Å². The van der Waals surface area contributed by atoms with Gasteiger partial charge in [-0.1, -0.05) is 24.5 Å². The molecule has 20 heteroatoms. The van der Waals surface area contributed by atoms with Crippen molar-refractivity contribution in [1.29, 1.82) is 0 Å². The SMILES string of the molecule is C=CC(=O)OCCCCCCOc1ccc(OC(=O)C2CCC(C(=O)Oc3ccc(OC(=O)C4CCC(C(=O)Oc5ccc(OCCCCCCOC(=O)C=C)cc5)CC4)c(/C=N/Nc4nc(N)c(N)s4)c3)CC2)cc1. The summed E-state index contributed by atoms with van der Waals surface area (Å²) in [5.74, 6) is -1.61. The second-order valence-electron chi connectivity index (χ2n) is 18.3. The zero-order valence-electron chi connectivity index (χ0n) is 42.6. The number of nitrogens with zero attached hydrogens (tertiary/aromatic N) is 2. The molecule has 0 radical (unpaired) electrons. The Bertz CT molecular complexity index is 2580. The van der Waals surface area contributed by atoms with Crippen LogP contribution in [-0.2, 0) is 38.2 Å².